The molecular formula is C16H30N2O3. The summed E-state index contributed by atoms with van der Waals surface area (Å²) in [7, 11) is 1.80. The van der Waals surface area contributed by atoms with E-state index in [1.165, 1.54) is 19.3 Å². The first kappa shape index (κ1) is 16.6. The van der Waals surface area contributed by atoms with Crippen LogP contribution in [0.3, 0.4) is 0 Å². The zero-order valence-electron chi connectivity index (χ0n) is 13.8. The minimum atomic E-state index is -0.431. The van der Waals surface area contributed by atoms with Gasteiger partial charge in [-0.3, -0.25) is 0 Å². The fraction of sp³-hybridized carbons (Fsp3) is 0.938. The first-order valence-electron chi connectivity index (χ1n) is 8.16. The summed E-state index contributed by atoms with van der Waals surface area (Å²) >= 11 is 0. The van der Waals surface area contributed by atoms with Gasteiger partial charge in [0, 0.05) is 25.2 Å². The number of carbonyl (C=O) groups is 1. The number of rotatable bonds is 4. The number of hydrogen-bond donors (Lipinski definition) is 2. The largest absolute Gasteiger partial charge is 0.444 e. The third kappa shape index (κ3) is 5.15. The van der Waals surface area contributed by atoms with Crippen molar-refractivity contribution in [2.24, 2.45) is 0 Å². The molecule has 2 saturated carbocycles. The Balaban J connectivity index is 1.66. The topological polar surface area (TPSA) is 59.6 Å². The van der Waals surface area contributed by atoms with Gasteiger partial charge >= 0.3 is 6.09 Å². The Labute approximate surface area is 128 Å². The Bertz CT molecular complexity index is 348. The van der Waals surface area contributed by atoms with Crippen LogP contribution in [0.5, 0.6) is 0 Å². The summed E-state index contributed by atoms with van der Waals surface area (Å²) in [6.45, 7) is 5.64. The quantitative estimate of drug-likeness (QED) is 0.837. The van der Waals surface area contributed by atoms with Gasteiger partial charge in [-0.25, -0.2) is 4.79 Å². The lowest BCUT2D eigenvalue weighted by atomic mass is 9.84. The van der Waals surface area contributed by atoms with Crippen LogP contribution >= 0.6 is 0 Å². The summed E-state index contributed by atoms with van der Waals surface area (Å²) in [5.41, 5.74) is -0.431. The third-order valence-electron chi connectivity index (χ3n) is 4.31. The maximum absolute atomic E-state index is 11.7. The van der Waals surface area contributed by atoms with E-state index in [1.54, 1.807) is 7.11 Å². The summed E-state index contributed by atoms with van der Waals surface area (Å²) in [4.78, 5) is 11.7. The molecule has 5 heteroatoms. The van der Waals surface area contributed by atoms with E-state index in [1.807, 2.05) is 20.8 Å². The standard InChI is InChI=1S/C16H30N2O3/c1-16(2,3)21-15(19)18-12-9-11(10-12)17-13-7-5-6-8-14(13)20-4/h11-14,17H,5-10H2,1-4H3,(H,18,19). The van der Waals surface area contributed by atoms with Gasteiger partial charge in [-0.15, -0.1) is 0 Å². The van der Waals surface area contributed by atoms with Crippen LogP contribution in [0.15, 0.2) is 0 Å². The van der Waals surface area contributed by atoms with Crippen molar-refractivity contribution in [3.63, 3.8) is 0 Å². The molecule has 0 radical (unpaired) electrons. The van der Waals surface area contributed by atoms with E-state index in [4.69, 9.17) is 9.47 Å². The van der Waals surface area contributed by atoms with Crippen LogP contribution in [0.2, 0.25) is 0 Å². The lowest BCUT2D eigenvalue weighted by Gasteiger charge is -2.41. The minimum absolute atomic E-state index is 0.238. The second kappa shape index (κ2) is 6.97. The molecule has 1 amide bonds. The molecule has 0 aliphatic heterocycles. The maximum atomic E-state index is 11.7. The molecule has 0 aromatic rings. The van der Waals surface area contributed by atoms with Crippen LogP contribution in [0.1, 0.15) is 59.3 Å². The molecule has 2 atom stereocenters. The number of nitrogens with one attached hydrogen (secondary N) is 2. The van der Waals surface area contributed by atoms with Gasteiger partial charge in [0.25, 0.3) is 0 Å². The van der Waals surface area contributed by atoms with E-state index >= 15 is 0 Å². The third-order valence-corrected chi connectivity index (χ3v) is 4.31. The van der Waals surface area contributed by atoms with Crippen molar-refractivity contribution in [1.29, 1.82) is 0 Å². The Kier molecular flexibility index (Phi) is 5.49. The van der Waals surface area contributed by atoms with Gasteiger partial charge in [-0.05, 0) is 46.5 Å². The summed E-state index contributed by atoms with van der Waals surface area (Å²) in [5, 5.41) is 6.62. The second-order valence-corrected chi connectivity index (χ2v) is 7.34. The molecule has 2 aliphatic carbocycles. The highest BCUT2D eigenvalue weighted by molar-refractivity contribution is 5.68. The number of carbonyl (C=O) groups excluding carboxylic acids is 1. The maximum Gasteiger partial charge on any atom is 0.407 e. The van der Waals surface area contributed by atoms with Crippen LogP contribution in [0.25, 0.3) is 0 Å². The number of methoxy groups -OCH3 is 1. The molecule has 0 heterocycles. The van der Waals surface area contributed by atoms with E-state index in [0.717, 1.165) is 19.3 Å². The van der Waals surface area contributed by atoms with Gasteiger partial charge in [0.2, 0.25) is 0 Å². The molecule has 0 aromatic heterocycles. The molecule has 21 heavy (non-hydrogen) atoms. The van der Waals surface area contributed by atoms with E-state index in [9.17, 15) is 4.79 Å². The molecule has 2 unspecified atom stereocenters. The van der Waals surface area contributed by atoms with Crippen molar-refractivity contribution in [1.82, 2.24) is 10.6 Å². The van der Waals surface area contributed by atoms with Crippen molar-refractivity contribution in [3.05, 3.63) is 0 Å². The van der Waals surface area contributed by atoms with Crippen molar-refractivity contribution >= 4 is 6.09 Å². The Morgan fingerprint density at radius 3 is 2.38 bits per heavy atom. The number of alkyl carbamates (subject to hydrolysis) is 1. The number of hydrogen-bond acceptors (Lipinski definition) is 4. The van der Waals surface area contributed by atoms with Crippen molar-refractivity contribution in [2.45, 2.75) is 89.1 Å². The number of ether oxygens (including phenoxy) is 2. The summed E-state index contributed by atoms with van der Waals surface area (Å²) in [6.07, 6.45) is 6.89. The molecule has 0 aromatic carbocycles. The molecule has 2 N–H and O–H groups in total. The van der Waals surface area contributed by atoms with Gasteiger partial charge in [-0.1, -0.05) is 12.8 Å². The summed E-state index contributed by atoms with van der Waals surface area (Å²) < 4.78 is 10.8. The fourth-order valence-electron chi connectivity index (χ4n) is 3.22. The van der Waals surface area contributed by atoms with E-state index in [0.29, 0.717) is 18.2 Å². The average Bonchev–Trinajstić information content (AvgIpc) is 2.34. The predicted molar refractivity (Wildman–Crippen MR) is 82.4 cm³/mol. The van der Waals surface area contributed by atoms with Gasteiger partial charge < -0.3 is 20.1 Å². The molecular weight excluding hydrogens is 268 g/mol. The fourth-order valence-corrected chi connectivity index (χ4v) is 3.22. The highest BCUT2D eigenvalue weighted by atomic mass is 16.6. The van der Waals surface area contributed by atoms with Crippen LogP contribution in [0.4, 0.5) is 4.79 Å². The molecule has 2 fully saturated rings. The van der Waals surface area contributed by atoms with Gasteiger partial charge in [0.1, 0.15) is 5.60 Å². The smallest absolute Gasteiger partial charge is 0.407 e. The average molecular weight is 298 g/mol. The lowest BCUT2D eigenvalue weighted by Crippen LogP contribution is -2.57. The highest BCUT2D eigenvalue weighted by Crippen LogP contribution is 2.26. The predicted octanol–water partition coefficient (Wildman–Crippen LogP) is 2.59. The zero-order valence-corrected chi connectivity index (χ0v) is 13.8. The molecule has 0 saturated heterocycles. The van der Waals surface area contributed by atoms with Crippen LogP contribution in [-0.2, 0) is 9.47 Å². The Hall–Kier alpha value is -0.810. The highest BCUT2D eigenvalue weighted by Gasteiger charge is 2.35. The van der Waals surface area contributed by atoms with E-state index in [-0.39, 0.29) is 12.1 Å². The summed E-state index contributed by atoms with van der Waals surface area (Å²) in [5.74, 6) is 0. The van der Waals surface area contributed by atoms with Crippen LogP contribution in [0, 0.1) is 0 Å². The Morgan fingerprint density at radius 1 is 1.10 bits per heavy atom. The molecule has 0 bridgehead atoms. The molecule has 2 rings (SSSR count). The monoisotopic (exact) mass is 298 g/mol. The molecule has 5 nitrogen and oxygen atoms in total. The molecule has 0 spiro atoms. The lowest BCUT2D eigenvalue weighted by molar-refractivity contribution is 0.0276. The van der Waals surface area contributed by atoms with Crippen molar-refractivity contribution < 1.29 is 14.3 Å². The first-order chi connectivity index (χ1) is 9.87. The van der Waals surface area contributed by atoms with Crippen molar-refractivity contribution in [3.8, 4) is 0 Å². The van der Waals surface area contributed by atoms with Gasteiger partial charge in [-0.2, -0.15) is 0 Å². The Morgan fingerprint density at radius 2 is 1.76 bits per heavy atom. The van der Waals surface area contributed by atoms with Gasteiger partial charge in [0.15, 0.2) is 0 Å². The van der Waals surface area contributed by atoms with E-state index in [2.05, 4.69) is 10.6 Å². The molecule has 2 aliphatic rings. The SMILES string of the molecule is COC1CCCCC1NC1CC(NC(=O)OC(C)(C)C)C1. The normalized spacial score (nSPS) is 33.1. The van der Waals surface area contributed by atoms with E-state index < -0.39 is 5.60 Å². The minimum Gasteiger partial charge on any atom is -0.444 e. The van der Waals surface area contributed by atoms with Gasteiger partial charge in [0.05, 0.1) is 6.10 Å². The van der Waals surface area contributed by atoms with Crippen LogP contribution < -0.4 is 10.6 Å². The van der Waals surface area contributed by atoms with Crippen molar-refractivity contribution in [2.75, 3.05) is 7.11 Å². The zero-order chi connectivity index (χ0) is 15.5. The van der Waals surface area contributed by atoms with Crippen LogP contribution in [-0.4, -0.2) is 43.0 Å². The molecule has 122 valence electrons. The second-order valence-electron chi connectivity index (χ2n) is 7.34. The summed E-state index contributed by atoms with van der Waals surface area (Å²) in [6, 6.07) is 1.20. The number of amides is 1. The first-order valence-corrected chi connectivity index (χ1v) is 8.16.